The predicted octanol–water partition coefficient (Wildman–Crippen LogP) is 1.35. The Morgan fingerprint density at radius 3 is 2.75 bits per heavy atom. The number of ether oxygens (including phenoxy) is 1. The SMILES string of the molecule is FC1COCCC1Cl. The third kappa shape index (κ3) is 1.33. The van der Waals surface area contributed by atoms with Crippen molar-refractivity contribution in [2.24, 2.45) is 0 Å². The summed E-state index contributed by atoms with van der Waals surface area (Å²) >= 11 is 5.51. The van der Waals surface area contributed by atoms with Gasteiger partial charge in [-0.2, -0.15) is 0 Å². The van der Waals surface area contributed by atoms with E-state index < -0.39 is 6.17 Å². The zero-order chi connectivity index (χ0) is 5.98. The van der Waals surface area contributed by atoms with Gasteiger partial charge in [0.05, 0.1) is 12.0 Å². The second kappa shape index (κ2) is 2.65. The average Bonchev–Trinajstić information content (AvgIpc) is 1.77. The molecule has 1 fully saturated rings. The second-order valence-electron chi connectivity index (χ2n) is 1.90. The number of hydrogen-bond acceptors (Lipinski definition) is 1. The van der Waals surface area contributed by atoms with Gasteiger partial charge in [0.15, 0.2) is 0 Å². The Morgan fingerprint density at radius 1 is 1.62 bits per heavy atom. The Balaban J connectivity index is 2.28. The minimum absolute atomic E-state index is 0.175. The molecule has 1 saturated heterocycles. The second-order valence-corrected chi connectivity index (χ2v) is 2.46. The van der Waals surface area contributed by atoms with E-state index in [4.69, 9.17) is 16.3 Å². The van der Waals surface area contributed by atoms with Crippen LogP contribution in [0, 0.1) is 0 Å². The molecular weight excluding hydrogens is 131 g/mol. The van der Waals surface area contributed by atoms with Crippen molar-refractivity contribution in [3.63, 3.8) is 0 Å². The molecule has 3 heteroatoms. The average molecular weight is 139 g/mol. The topological polar surface area (TPSA) is 9.23 Å². The molecule has 0 spiro atoms. The summed E-state index contributed by atoms with van der Waals surface area (Å²) in [6.07, 6.45) is -0.312. The van der Waals surface area contributed by atoms with Crippen LogP contribution < -0.4 is 0 Å². The molecule has 2 unspecified atom stereocenters. The number of alkyl halides is 2. The van der Waals surface area contributed by atoms with Crippen molar-refractivity contribution < 1.29 is 9.13 Å². The van der Waals surface area contributed by atoms with Gasteiger partial charge in [-0.1, -0.05) is 0 Å². The first kappa shape index (κ1) is 6.30. The molecule has 1 aliphatic rings. The fourth-order valence-electron chi connectivity index (χ4n) is 0.677. The van der Waals surface area contributed by atoms with E-state index in [9.17, 15) is 4.39 Å². The molecule has 0 aliphatic carbocycles. The molecule has 48 valence electrons. The summed E-state index contributed by atoms with van der Waals surface area (Å²) in [7, 11) is 0. The van der Waals surface area contributed by atoms with Crippen molar-refractivity contribution in [1.82, 2.24) is 0 Å². The first-order chi connectivity index (χ1) is 3.80. The molecule has 8 heavy (non-hydrogen) atoms. The van der Waals surface area contributed by atoms with Crippen LogP contribution in [0.2, 0.25) is 0 Å². The molecule has 0 aromatic rings. The van der Waals surface area contributed by atoms with E-state index in [-0.39, 0.29) is 12.0 Å². The maximum atomic E-state index is 12.3. The molecule has 0 N–H and O–H groups in total. The summed E-state index contributed by atoms with van der Waals surface area (Å²) in [6, 6.07) is 0. The molecule has 1 nitrogen and oxygen atoms in total. The zero-order valence-electron chi connectivity index (χ0n) is 4.44. The van der Waals surface area contributed by atoms with E-state index >= 15 is 0 Å². The molecule has 0 bridgehead atoms. The van der Waals surface area contributed by atoms with Crippen LogP contribution in [0.3, 0.4) is 0 Å². The first-order valence-corrected chi connectivity index (χ1v) is 3.10. The zero-order valence-corrected chi connectivity index (χ0v) is 5.20. The van der Waals surface area contributed by atoms with E-state index in [0.29, 0.717) is 13.0 Å². The summed E-state index contributed by atoms with van der Waals surface area (Å²) < 4.78 is 17.1. The largest absolute Gasteiger partial charge is 0.378 e. The Hall–Kier alpha value is 0.180. The van der Waals surface area contributed by atoms with E-state index in [1.807, 2.05) is 0 Å². The Labute approximate surface area is 52.8 Å². The van der Waals surface area contributed by atoms with Gasteiger partial charge in [-0.15, -0.1) is 11.6 Å². The van der Waals surface area contributed by atoms with Crippen LogP contribution in [0.5, 0.6) is 0 Å². The minimum atomic E-state index is -0.953. The van der Waals surface area contributed by atoms with Gasteiger partial charge in [0.1, 0.15) is 6.17 Å². The van der Waals surface area contributed by atoms with Gasteiger partial charge in [0.25, 0.3) is 0 Å². The molecule has 1 rings (SSSR count). The van der Waals surface area contributed by atoms with E-state index in [0.717, 1.165) is 0 Å². The lowest BCUT2D eigenvalue weighted by Gasteiger charge is -2.19. The summed E-state index contributed by atoms with van der Waals surface area (Å²) in [4.78, 5) is 0. The fourth-order valence-corrected chi connectivity index (χ4v) is 0.839. The van der Waals surface area contributed by atoms with Gasteiger partial charge in [-0.3, -0.25) is 0 Å². The lowest BCUT2D eigenvalue weighted by molar-refractivity contribution is 0.0395. The molecule has 2 atom stereocenters. The van der Waals surface area contributed by atoms with Crippen molar-refractivity contribution in [1.29, 1.82) is 0 Å². The predicted molar refractivity (Wildman–Crippen MR) is 30.0 cm³/mol. The number of rotatable bonds is 0. The summed E-state index contributed by atoms with van der Waals surface area (Å²) in [5, 5.41) is -0.316. The van der Waals surface area contributed by atoms with Gasteiger partial charge < -0.3 is 4.74 Å². The van der Waals surface area contributed by atoms with Crippen LogP contribution in [-0.2, 0) is 4.74 Å². The van der Waals surface area contributed by atoms with Crippen molar-refractivity contribution >= 4 is 11.6 Å². The molecular formula is C5H8ClFO. The Bertz CT molecular complexity index is 68.8. The van der Waals surface area contributed by atoms with Gasteiger partial charge >= 0.3 is 0 Å². The summed E-state index contributed by atoms with van der Waals surface area (Å²) in [5.74, 6) is 0. The Morgan fingerprint density at radius 2 is 2.38 bits per heavy atom. The van der Waals surface area contributed by atoms with Crippen molar-refractivity contribution in [2.75, 3.05) is 13.2 Å². The fraction of sp³-hybridized carbons (Fsp3) is 1.00. The van der Waals surface area contributed by atoms with E-state index in [2.05, 4.69) is 0 Å². The smallest absolute Gasteiger partial charge is 0.140 e. The van der Waals surface area contributed by atoms with Gasteiger partial charge in [-0.25, -0.2) is 4.39 Å². The highest BCUT2D eigenvalue weighted by atomic mass is 35.5. The van der Waals surface area contributed by atoms with Crippen molar-refractivity contribution in [3.8, 4) is 0 Å². The lowest BCUT2D eigenvalue weighted by atomic mass is 10.2. The standard InChI is InChI=1S/C5H8ClFO/c6-4-1-2-8-3-5(4)7/h4-5H,1-3H2. The van der Waals surface area contributed by atoms with Crippen LogP contribution >= 0.6 is 11.6 Å². The molecule has 0 saturated carbocycles. The maximum absolute atomic E-state index is 12.3. The third-order valence-electron chi connectivity index (χ3n) is 1.21. The minimum Gasteiger partial charge on any atom is -0.378 e. The third-order valence-corrected chi connectivity index (χ3v) is 1.70. The number of halogens is 2. The van der Waals surface area contributed by atoms with Crippen molar-refractivity contribution in [3.05, 3.63) is 0 Å². The monoisotopic (exact) mass is 138 g/mol. The maximum Gasteiger partial charge on any atom is 0.140 e. The molecule has 0 aromatic carbocycles. The van der Waals surface area contributed by atoms with Gasteiger partial charge in [0.2, 0.25) is 0 Å². The molecule has 0 amide bonds. The summed E-state index contributed by atoms with van der Waals surface area (Å²) in [6.45, 7) is 0.781. The van der Waals surface area contributed by atoms with Crippen LogP contribution in [0.4, 0.5) is 4.39 Å². The highest BCUT2D eigenvalue weighted by Crippen LogP contribution is 2.16. The van der Waals surface area contributed by atoms with Crippen molar-refractivity contribution in [2.45, 2.75) is 18.0 Å². The highest BCUT2D eigenvalue weighted by molar-refractivity contribution is 6.21. The van der Waals surface area contributed by atoms with Crippen LogP contribution in [0.25, 0.3) is 0 Å². The van der Waals surface area contributed by atoms with Crippen LogP contribution in [0.1, 0.15) is 6.42 Å². The van der Waals surface area contributed by atoms with Crippen LogP contribution in [0.15, 0.2) is 0 Å². The summed E-state index contributed by atoms with van der Waals surface area (Å²) in [5.41, 5.74) is 0. The molecule has 0 radical (unpaired) electrons. The molecule has 1 heterocycles. The highest BCUT2D eigenvalue weighted by Gasteiger charge is 2.22. The van der Waals surface area contributed by atoms with Gasteiger partial charge in [-0.05, 0) is 6.42 Å². The molecule has 0 aromatic heterocycles. The number of hydrogen-bond donors (Lipinski definition) is 0. The Kier molecular flexibility index (Phi) is 2.08. The van der Waals surface area contributed by atoms with Gasteiger partial charge in [0, 0.05) is 6.61 Å². The molecule has 1 aliphatic heterocycles. The normalized spacial score (nSPS) is 39.8. The lowest BCUT2D eigenvalue weighted by Crippen LogP contribution is -2.29. The first-order valence-electron chi connectivity index (χ1n) is 2.66. The van der Waals surface area contributed by atoms with E-state index in [1.54, 1.807) is 0 Å². The quantitative estimate of drug-likeness (QED) is 0.459. The van der Waals surface area contributed by atoms with Crippen LogP contribution in [-0.4, -0.2) is 24.8 Å². The van der Waals surface area contributed by atoms with E-state index in [1.165, 1.54) is 0 Å².